The summed E-state index contributed by atoms with van der Waals surface area (Å²) < 4.78 is 139. The number of anilines is 1. The molecular formula is C36H30N2O15S4. The summed E-state index contributed by atoms with van der Waals surface area (Å²) in [6.07, 6.45) is -0.0945. The lowest BCUT2D eigenvalue weighted by Crippen LogP contribution is -2.11. The van der Waals surface area contributed by atoms with Crippen molar-refractivity contribution in [3.63, 3.8) is 0 Å². The molecule has 298 valence electrons. The van der Waals surface area contributed by atoms with Crippen molar-refractivity contribution in [2.24, 2.45) is 4.99 Å². The lowest BCUT2D eigenvalue weighted by molar-refractivity contribution is 0.0697. The first-order chi connectivity index (χ1) is 26.6. The fourth-order valence-electron chi connectivity index (χ4n) is 6.20. The third-order valence-corrected chi connectivity index (χ3v) is 12.3. The largest absolute Gasteiger partial charge is 0.478 e. The summed E-state index contributed by atoms with van der Waals surface area (Å²) >= 11 is 0. The molecule has 57 heavy (non-hydrogen) atoms. The van der Waals surface area contributed by atoms with Gasteiger partial charge in [0.2, 0.25) is 0 Å². The SMILES string of the molecule is O=C(O)c1ccccc1-c1c2cc/c(=N/CCc3ccc(S(=O)(=O)O)cc3S(=O)(=O)O)cc-2oc2cc(NCCc3ccc(S(=O)(=O)O)cc3S(=O)(=O)O)ccc12. The highest BCUT2D eigenvalue weighted by Crippen LogP contribution is 2.41. The van der Waals surface area contributed by atoms with Crippen LogP contribution in [0.25, 0.3) is 33.4 Å². The number of aromatic carboxylic acids is 1. The van der Waals surface area contributed by atoms with Crippen LogP contribution in [0.1, 0.15) is 21.5 Å². The van der Waals surface area contributed by atoms with Gasteiger partial charge in [0.25, 0.3) is 40.5 Å². The van der Waals surface area contributed by atoms with Crippen molar-refractivity contribution in [2.45, 2.75) is 32.4 Å². The van der Waals surface area contributed by atoms with Crippen LogP contribution in [0.15, 0.2) is 126 Å². The van der Waals surface area contributed by atoms with Gasteiger partial charge in [-0.1, -0.05) is 30.3 Å². The number of fused-ring (bicyclic) bond motifs is 2. The second-order valence-corrected chi connectivity index (χ2v) is 18.1. The van der Waals surface area contributed by atoms with Crippen LogP contribution >= 0.6 is 0 Å². The monoisotopic (exact) mass is 858 g/mol. The first-order valence-corrected chi connectivity index (χ1v) is 22.1. The number of carbonyl (C=O) groups is 1. The van der Waals surface area contributed by atoms with Crippen molar-refractivity contribution in [3.05, 3.63) is 119 Å². The van der Waals surface area contributed by atoms with E-state index in [2.05, 4.69) is 10.3 Å². The molecule has 17 nitrogen and oxygen atoms in total. The van der Waals surface area contributed by atoms with Gasteiger partial charge in [-0.15, -0.1) is 0 Å². The van der Waals surface area contributed by atoms with Crippen molar-refractivity contribution in [1.82, 2.24) is 0 Å². The predicted molar refractivity (Wildman–Crippen MR) is 204 cm³/mol. The summed E-state index contributed by atoms with van der Waals surface area (Å²) in [6, 6.07) is 21.8. The van der Waals surface area contributed by atoms with Crippen molar-refractivity contribution < 1.29 is 66.2 Å². The molecule has 0 saturated heterocycles. The molecule has 0 amide bonds. The third kappa shape index (κ3) is 9.21. The first-order valence-electron chi connectivity index (χ1n) is 16.3. The Morgan fingerprint density at radius 1 is 0.632 bits per heavy atom. The standard InChI is InChI=1S/C36H30N2O15S4/c39-36(40)28-4-2-1-3-27(28)35-29-11-7-23(37-15-13-21-5-9-25(54(41,42)43)19-33(21)56(47,48)49)17-31(29)53-32-18-24(8-12-30(32)35)38-16-14-22-6-10-26(55(44,45)46)20-34(22)57(50,51)52/h1-12,17-20,37H,13-16H2,(H,39,40)(H,41,42,43)(H,44,45,46)(H,47,48,49)(H,50,51,52)/b38-24-. The second-order valence-electron chi connectivity index (χ2n) is 12.5. The van der Waals surface area contributed by atoms with E-state index >= 15 is 0 Å². The molecule has 0 radical (unpaired) electrons. The number of rotatable bonds is 13. The summed E-state index contributed by atoms with van der Waals surface area (Å²) in [5.41, 5.74) is 2.25. The lowest BCUT2D eigenvalue weighted by Gasteiger charge is -2.18. The average Bonchev–Trinajstić information content (AvgIpc) is 3.12. The summed E-state index contributed by atoms with van der Waals surface area (Å²) in [5.74, 6) is -0.913. The van der Waals surface area contributed by atoms with E-state index in [1.54, 1.807) is 54.6 Å². The highest BCUT2D eigenvalue weighted by atomic mass is 32.2. The zero-order chi connectivity index (χ0) is 41.5. The smallest absolute Gasteiger partial charge is 0.336 e. The number of nitrogens with zero attached hydrogens (tertiary/aromatic N) is 1. The van der Waals surface area contributed by atoms with Gasteiger partial charge in [0.05, 0.1) is 30.5 Å². The molecule has 0 saturated carbocycles. The second kappa shape index (κ2) is 15.4. The summed E-state index contributed by atoms with van der Waals surface area (Å²) in [6.45, 7) is 0.0236. The Hall–Kier alpha value is -5.52. The van der Waals surface area contributed by atoms with Gasteiger partial charge < -0.3 is 14.8 Å². The minimum absolute atomic E-state index is 0.00609. The van der Waals surface area contributed by atoms with Gasteiger partial charge in [-0.25, -0.2) is 4.79 Å². The van der Waals surface area contributed by atoms with Crippen molar-refractivity contribution >= 4 is 63.1 Å². The Kier molecular flexibility index (Phi) is 11.1. The van der Waals surface area contributed by atoms with Crippen LogP contribution < -0.4 is 10.7 Å². The number of benzene rings is 5. The molecular weight excluding hydrogens is 829 g/mol. The maximum absolute atomic E-state index is 12.3. The Morgan fingerprint density at radius 3 is 1.81 bits per heavy atom. The number of hydrogen-bond donors (Lipinski definition) is 6. The van der Waals surface area contributed by atoms with Gasteiger partial charge in [-0.2, -0.15) is 33.7 Å². The van der Waals surface area contributed by atoms with Gasteiger partial charge in [0.1, 0.15) is 11.3 Å². The van der Waals surface area contributed by atoms with Gasteiger partial charge in [0.15, 0.2) is 0 Å². The zero-order valence-electron chi connectivity index (χ0n) is 29.0. The van der Waals surface area contributed by atoms with E-state index in [9.17, 15) is 61.8 Å². The van der Waals surface area contributed by atoms with E-state index in [1.807, 2.05) is 0 Å². The summed E-state index contributed by atoms with van der Waals surface area (Å²) in [5, 5.41) is 14.0. The molecule has 21 heteroatoms. The van der Waals surface area contributed by atoms with Crippen LogP contribution in [-0.4, -0.2) is 76.0 Å². The quantitative estimate of drug-likeness (QED) is 0.0678. The third-order valence-electron chi connectivity index (χ3n) is 8.76. The molecule has 0 fully saturated rings. The van der Waals surface area contributed by atoms with Crippen molar-refractivity contribution in [3.8, 4) is 22.5 Å². The Bertz CT molecular complexity index is 3090. The molecule has 2 aliphatic rings. The van der Waals surface area contributed by atoms with Gasteiger partial charge in [-0.3, -0.25) is 23.2 Å². The molecule has 0 aromatic heterocycles. The first kappa shape index (κ1) is 41.1. The molecule has 6 N–H and O–H groups in total. The van der Waals surface area contributed by atoms with Crippen LogP contribution in [-0.2, 0) is 53.3 Å². The minimum Gasteiger partial charge on any atom is -0.478 e. The molecule has 0 atom stereocenters. The van der Waals surface area contributed by atoms with Crippen LogP contribution in [0.5, 0.6) is 0 Å². The zero-order valence-corrected chi connectivity index (χ0v) is 32.2. The van der Waals surface area contributed by atoms with E-state index in [-0.39, 0.29) is 54.0 Å². The highest BCUT2D eigenvalue weighted by molar-refractivity contribution is 7.87. The molecule has 4 aromatic carbocycles. The van der Waals surface area contributed by atoms with E-state index in [1.165, 1.54) is 6.07 Å². The van der Waals surface area contributed by atoms with Crippen LogP contribution in [0.3, 0.4) is 0 Å². The van der Waals surface area contributed by atoms with Gasteiger partial charge in [-0.05, 0) is 84.1 Å². The Balaban J connectivity index is 1.38. The van der Waals surface area contributed by atoms with Crippen LogP contribution in [0.2, 0.25) is 0 Å². The lowest BCUT2D eigenvalue weighted by atomic mass is 9.90. The molecule has 0 spiro atoms. The molecule has 0 unspecified atom stereocenters. The number of carboxylic acid groups (broad SMARTS) is 1. The molecule has 1 heterocycles. The average molecular weight is 859 g/mol. The van der Waals surface area contributed by atoms with Crippen molar-refractivity contribution in [1.29, 1.82) is 0 Å². The number of nitrogens with one attached hydrogen (secondary N) is 1. The normalized spacial score (nSPS) is 12.9. The van der Waals surface area contributed by atoms with Gasteiger partial charge in [0, 0.05) is 47.4 Å². The number of hydrogen-bond acceptors (Lipinski definition) is 12. The number of carboxylic acids is 1. The topological polar surface area (TPSA) is 292 Å². The fourth-order valence-corrected chi connectivity index (χ4v) is 8.91. The molecule has 1 aliphatic heterocycles. The van der Waals surface area contributed by atoms with Crippen molar-refractivity contribution in [2.75, 3.05) is 18.4 Å². The maximum atomic E-state index is 12.3. The van der Waals surface area contributed by atoms with E-state index in [0.29, 0.717) is 45.3 Å². The molecule has 4 aromatic rings. The minimum atomic E-state index is -4.88. The Labute approximate surface area is 325 Å². The summed E-state index contributed by atoms with van der Waals surface area (Å²) in [7, 11) is -19.3. The predicted octanol–water partition coefficient (Wildman–Crippen LogP) is 4.69. The Morgan fingerprint density at radius 2 is 1.23 bits per heavy atom. The highest BCUT2D eigenvalue weighted by Gasteiger charge is 2.24. The van der Waals surface area contributed by atoms with E-state index in [4.69, 9.17) is 4.42 Å². The van der Waals surface area contributed by atoms with Crippen LogP contribution in [0, 0.1) is 0 Å². The van der Waals surface area contributed by atoms with E-state index < -0.39 is 66.0 Å². The summed E-state index contributed by atoms with van der Waals surface area (Å²) in [4.78, 5) is 13.9. The molecule has 0 bridgehead atoms. The molecule has 1 aliphatic carbocycles. The maximum Gasteiger partial charge on any atom is 0.336 e. The van der Waals surface area contributed by atoms with Crippen LogP contribution in [0.4, 0.5) is 5.69 Å². The molecule has 6 rings (SSSR count). The van der Waals surface area contributed by atoms with Gasteiger partial charge >= 0.3 is 5.97 Å². The fraction of sp³-hybridized carbons (Fsp3) is 0.111. The van der Waals surface area contributed by atoms with E-state index in [0.717, 1.165) is 24.3 Å².